The van der Waals surface area contributed by atoms with Crippen molar-refractivity contribution >= 4 is 29.7 Å². The van der Waals surface area contributed by atoms with Gasteiger partial charge in [0.25, 0.3) is 0 Å². The van der Waals surface area contributed by atoms with E-state index < -0.39 is 11.7 Å². The number of carbonyl (C=O) groups excluding carboxylic acids is 1. The van der Waals surface area contributed by atoms with Crippen molar-refractivity contribution in [3.8, 4) is 10.6 Å². The van der Waals surface area contributed by atoms with E-state index >= 15 is 0 Å². The predicted molar refractivity (Wildman–Crippen MR) is 97.0 cm³/mol. The first-order valence-corrected chi connectivity index (χ1v) is 8.86. The number of nitrogens with two attached hydrogens (primary N) is 1. The Bertz CT molecular complexity index is 748. The fourth-order valence-corrected chi connectivity index (χ4v) is 3.72. The van der Waals surface area contributed by atoms with Gasteiger partial charge < -0.3 is 11.1 Å². The van der Waals surface area contributed by atoms with Gasteiger partial charge in [-0.2, -0.15) is 13.2 Å². The van der Waals surface area contributed by atoms with Gasteiger partial charge in [-0.15, -0.1) is 23.7 Å². The number of benzene rings is 1. The van der Waals surface area contributed by atoms with Crippen LogP contribution in [0.25, 0.3) is 10.6 Å². The van der Waals surface area contributed by atoms with Gasteiger partial charge in [-0.25, -0.2) is 4.98 Å². The summed E-state index contributed by atoms with van der Waals surface area (Å²) in [5.41, 5.74) is 6.44. The summed E-state index contributed by atoms with van der Waals surface area (Å²) in [6.07, 6.45) is -1.97. The Labute approximate surface area is 159 Å². The molecule has 0 radical (unpaired) electrons. The number of nitrogens with one attached hydrogen (secondary N) is 1. The molecule has 26 heavy (non-hydrogen) atoms. The van der Waals surface area contributed by atoms with Crippen LogP contribution in [0, 0.1) is 5.92 Å². The summed E-state index contributed by atoms with van der Waals surface area (Å²) in [5, 5.41) is 5.28. The Kier molecular flexibility index (Phi) is 6.65. The van der Waals surface area contributed by atoms with Gasteiger partial charge in [-0.05, 0) is 31.4 Å². The molecule has 2 aromatic rings. The summed E-state index contributed by atoms with van der Waals surface area (Å²) in [7, 11) is 0. The van der Waals surface area contributed by atoms with Crippen LogP contribution >= 0.6 is 23.7 Å². The first-order chi connectivity index (χ1) is 11.8. The van der Waals surface area contributed by atoms with Gasteiger partial charge in [0.05, 0.1) is 17.8 Å². The molecule has 1 heterocycles. The highest BCUT2D eigenvalue weighted by atomic mass is 35.5. The molecule has 1 fully saturated rings. The van der Waals surface area contributed by atoms with Crippen molar-refractivity contribution in [3.05, 3.63) is 40.9 Å². The number of alkyl halides is 3. The van der Waals surface area contributed by atoms with Crippen molar-refractivity contribution in [2.45, 2.75) is 38.0 Å². The van der Waals surface area contributed by atoms with Gasteiger partial charge in [0.1, 0.15) is 5.01 Å². The molecule has 1 amide bonds. The summed E-state index contributed by atoms with van der Waals surface area (Å²) in [6, 6.07) is 5.00. The maximum atomic E-state index is 12.6. The SMILES string of the molecule is Cl.NC1CCC(C(=O)NCc2csc(-c3ccc(C(F)(F)F)cc3)n2)C1. The lowest BCUT2D eigenvalue weighted by Gasteiger charge is -2.09. The molecule has 2 unspecified atom stereocenters. The third-order valence-corrected chi connectivity index (χ3v) is 5.24. The van der Waals surface area contributed by atoms with Gasteiger partial charge >= 0.3 is 6.18 Å². The molecule has 3 rings (SSSR count). The number of hydrogen-bond donors (Lipinski definition) is 2. The molecule has 142 valence electrons. The Morgan fingerprint density at radius 1 is 1.27 bits per heavy atom. The Hall–Kier alpha value is -1.64. The first kappa shape index (κ1) is 20.7. The van der Waals surface area contributed by atoms with Gasteiger partial charge in [-0.3, -0.25) is 4.79 Å². The summed E-state index contributed by atoms with van der Waals surface area (Å²) in [6.45, 7) is 0.307. The number of halogens is 4. The van der Waals surface area contributed by atoms with Crippen LogP contribution in [0.2, 0.25) is 0 Å². The van der Waals surface area contributed by atoms with Crippen molar-refractivity contribution in [3.63, 3.8) is 0 Å². The largest absolute Gasteiger partial charge is 0.416 e. The number of nitrogens with zero attached hydrogens (tertiary/aromatic N) is 1. The highest BCUT2D eigenvalue weighted by Gasteiger charge is 2.30. The minimum Gasteiger partial charge on any atom is -0.350 e. The number of amides is 1. The van der Waals surface area contributed by atoms with Crippen LogP contribution in [-0.2, 0) is 17.5 Å². The molecule has 2 atom stereocenters. The molecular formula is C17H19ClF3N3OS. The second-order valence-corrected chi connectivity index (χ2v) is 7.07. The maximum absolute atomic E-state index is 12.6. The second-order valence-electron chi connectivity index (χ2n) is 6.21. The number of hydrogen-bond acceptors (Lipinski definition) is 4. The van der Waals surface area contributed by atoms with E-state index in [0.717, 1.165) is 25.0 Å². The predicted octanol–water partition coefficient (Wildman–Crippen LogP) is 3.99. The van der Waals surface area contributed by atoms with Crippen LogP contribution < -0.4 is 11.1 Å². The Morgan fingerprint density at radius 3 is 2.54 bits per heavy atom. The zero-order chi connectivity index (χ0) is 18.0. The Balaban J connectivity index is 0.00000243. The summed E-state index contributed by atoms with van der Waals surface area (Å²) in [4.78, 5) is 16.5. The van der Waals surface area contributed by atoms with E-state index in [0.29, 0.717) is 29.2 Å². The molecule has 1 aromatic carbocycles. The van der Waals surface area contributed by atoms with Gasteiger partial charge in [0.15, 0.2) is 0 Å². The number of thiazole rings is 1. The van der Waals surface area contributed by atoms with Crippen molar-refractivity contribution in [2.24, 2.45) is 11.7 Å². The monoisotopic (exact) mass is 405 g/mol. The second kappa shape index (κ2) is 8.37. The maximum Gasteiger partial charge on any atom is 0.416 e. The van der Waals surface area contributed by atoms with E-state index in [9.17, 15) is 18.0 Å². The smallest absolute Gasteiger partial charge is 0.350 e. The highest BCUT2D eigenvalue weighted by Crippen LogP contribution is 2.31. The molecule has 1 saturated carbocycles. The van der Waals surface area contributed by atoms with Crippen LogP contribution in [0.5, 0.6) is 0 Å². The average Bonchev–Trinajstić information content (AvgIpc) is 3.21. The van der Waals surface area contributed by atoms with Crippen LogP contribution in [-0.4, -0.2) is 16.9 Å². The van der Waals surface area contributed by atoms with Crippen molar-refractivity contribution in [1.29, 1.82) is 0 Å². The van der Waals surface area contributed by atoms with Crippen LogP contribution in [0.3, 0.4) is 0 Å². The normalized spacial score (nSPS) is 19.8. The molecule has 9 heteroatoms. The topological polar surface area (TPSA) is 68.0 Å². The molecule has 1 aromatic heterocycles. The number of rotatable bonds is 4. The zero-order valence-electron chi connectivity index (χ0n) is 13.8. The summed E-state index contributed by atoms with van der Waals surface area (Å²) in [5.74, 6) is -0.0555. The van der Waals surface area contributed by atoms with Crippen molar-refractivity contribution in [1.82, 2.24) is 10.3 Å². The van der Waals surface area contributed by atoms with Gasteiger partial charge in [-0.1, -0.05) is 12.1 Å². The molecular weight excluding hydrogens is 387 g/mol. The number of aromatic nitrogens is 1. The minimum absolute atomic E-state index is 0. The van der Waals surface area contributed by atoms with E-state index in [1.165, 1.54) is 23.5 Å². The van der Waals surface area contributed by atoms with E-state index in [4.69, 9.17) is 5.73 Å². The molecule has 0 aliphatic heterocycles. The average molecular weight is 406 g/mol. The van der Waals surface area contributed by atoms with E-state index in [1.54, 1.807) is 5.38 Å². The molecule has 0 bridgehead atoms. The summed E-state index contributed by atoms with van der Waals surface area (Å²) < 4.78 is 37.8. The molecule has 4 nitrogen and oxygen atoms in total. The number of carbonyl (C=O) groups is 1. The van der Waals surface area contributed by atoms with Crippen LogP contribution in [0.4, 0.5) is 13.2 Å². The van der Waals surface area contributed by atoms with E-state index in [2.05, 4.69) is 10.3 Å². The van der Waals surface area contributed by atoms with Gasteiger partial charge in [0.2, 0.25) is 5.91 Å². The van der Waals surface area contributed by atoms with E-state index in [-0.39, 0.29) is 30.3 Å². The Morgan fingerprint density at radius 2 is 1.96 bits per heavy atom. The summed E-state index contributed by atoms with van der Waals surface area (Å²) >= 11 is 1.34. The fourth-order valence-electron chi connectivity index (χ4n) is 2.90. The third kappa shape index (κ3) is 4.96. The molecule has 3 N–H and O–H groups in total. The lowest BCUT2D eigenvalue weighted by atomic mass is 10.1. The molecule has 0 spiro atoms. The van der Waals surface area contributed by atoms with Gasteiger partial charge in [0, 0.05) is 22.9 Å². The molecule has 0 saturated heterocycles. The van der Waals surface area contributed by atoms with E-state index in [1.807, 2.05) is 0 Å². The lowest BCUT2D eigenvalue weighted by molar-refractivity contribution is -0.137. The third-order valence-electron chi connectivity index (χ3n) is 4.30. The van der Waals surface area contributed by atoms with Crippen LogP contribution in [0.1, 0.15) is 30.5 Å². The molecule has 1 aliphatic rings. The quantitative estimate of drug-likeness (QED) is 0.808. The highest BCUT2D eigenvalue weighted by molar-refractivity contribution is 7.13. The van der Waals surface area contributed by atoms with Crippen molar-refractivity contribution < 1.29 is 18.0 Å². The lowest BCUT2D eigenvalue weighted by Crippen LogP contribution is -2.30. The zero-order valence-corrected chi connectivity index (χ0v) is 15.4. The minimum atomic E-state index is -4.35. The molecule has 1 aliphatic carbocycles. The first-order valence-electron chi connectivity index (χ1n) is 7.98. The van der Waals surface area contributed by atoms with Crippen LogP contribution in [0.15, 0.2) is 29.6 Å². The van der Waals surface area contributed by atoms with Crippen molar-refractivity contribution in [2.75, 3.05) is 0 Å². The standard InChI is InChI=1S/C17H18F3N3OS.ClH/c18-17(19,20)12-4-1-10(2-5-12)16-23-14(9-25-16)8-22-15(24)11-3-6-13(21)7-11;/h1-2,4-5,9,11,13H,3,6-8,21H2,(H,22,24);1H. The fraction of sp³-hybridized carbons (Fsp3) is 0.412.